The number of benzene rings is 2. The molecule has 0 aliphatic carbocycles. The zero-order valence-electron chi connectivity index (χ0n) is 17.9. The first kappa shape index (κ1) is 24.6. The summed E-state index contributed by atoms with van der Waals surface area (Å²) in [6, 6.07) is 10.2. The van der Waals surface area contributed by atoms with Crippen LogP contribution in [-0.2, 0) is 27.1 Å². The molecule has 1 fully saturated rings. The molecule has 1 saturated heterocycles. The van der Waals surface area contributed by atoms with Crippen molar-refractivity contribution < 1.29 is 22.7 Å². The molecule has 0 spiro atoms. The van der Waals surface area contributed by atoms with Gasteiger partial charge in [-0.1, -0.05) is 35.3 Å². The average molecular weight is 501 g/mol. The summed E-state index contributed by atoms with van der Waals surface area (Å²) in [5, 5.41) is 3.59. The highest BCUT2D eigenvalue weighted by Gasteiger charge is 2.32. The number of nitrogens with zero attached hydrogens (tertiary/aromatic N) is 1. The fraction of sp³-hybridized carbons (Fsp3) is 0.409. The van der Waals surface area contributed by atoms with Gasteiger partial charge in [-0.15, -0.1) is 0 Å². The number of halogens is 2. The number of carbonyl (C=O) groups is 1. The van der Waals surface area contributed by atoms with E-state index in [1.807, 2.05) is 6.07 Å². The number of hydrogen-bond acceptors (Lipinski definition) is 5. The minimum atomic E-state index is -3.60. The molecule has 32 heavy (non-hydrogen) atoms. The normalized spacial score (nSPS) is 17.1. The number of ether oxygens (including phenoxy) is 2. The van der Waals surface area contributed by atoms with Crippen LogP contribution in [0.4, 0.5) is 0 Å². The second kappa shape index (κ2) is 10.7. The van der Waals surface area contributed by atoms with Crippen LogP contribution in [-0.4, -0.2) is 45.9 Å². The molecule has 0 radical (unpaired) electrons. The van der Waals surface area contributed by atoms with Gasteiger partial charge in [0.25, 0.3) is 0 Å². The summed E-state index contributed by atoms with van der Waals surface area (Å²) in [5.74, 6) is 0.417. The first-order valence-corrected chi connectivity index (χ1v) is 12.5. The van der Waals surface area contributed by atoms with E-state index in [-0.39, 0.29) is 18.2 Å². The lowest BCUT2D eigenvalue weighted by atomic mass is 9.98. The minimum absolute atomic E-state index is 0.154. The highest BCUT2D eigenvalue weighted by Crippen LogP contribution is 2.28. The van der Waals surface area contributed by atoms with E-state index in [4.69, 9.17) is 32.7 Å². The molecule has 174 valence electrons. The van der Waals surface area contributed by atoms with Crippen LogP contribution in [0.25, 0.3) is 0 Å². The van der Waals surface area contributed by atoms with Crippen molar-refractivity contribution in [3.63, 3.8) is 0 Å². The van der Waals surface area contributed by atoms with Gasteiger partial charge >= 0.3 is 0 Å². The lowest BCUT2D eigenvalue weighted by Gasteiger charge is -2.31. The quantitative estimate of drug-likeness (QED) is 0.594. The highest BCUT2D eigenvalue weighted by atomic mass is 35.5. The van der Waals surface area contributed by atoms with Gasteiger partial charge in [0.05, 0.1) is 35.9 Å². The first-order valence-electron chi connectivity index (χ1n) is 10.1. The maximum Gasteiger partial charge on any atom is 0.224 e. The van der Waals surface area contributed by atoms with Crippen LogP contribution in [0.3, 0.4) is 0 Å². The lowest BCUT2D eigenvalue weighted by molar-refractivity contribution is -0.126. The average Bonchev–Trinajstić information content (AvgIpc) is 2.79. The van der Waals surface area contributed by atoms with Gasteiger partial charge in [0.2, 0.25) is 15.9 Å². The van der Waals surface area contributed by atoms with E-state index in [9.17, 15) is 13.2 Å². The van der Waals surface area contributed by atoms with Crippen molar-refractivity contribution in [3.8, 4) is 11.5 Å². The number of methoxy groups -OCH3 is 2. The van der Waals surface area contributed by atoms with Crippen molar-refractivity contribution in [3.05, 3.63) is 57.6 Å². The van der Waals surface area contributed by atoms with E-state index in [1.165, 1.54) is 4.31 Å². The molecule has 3 rings (SSSR count). The number of sulfonamides is 1. The molecular weight excluding hydrogens is 475 g/mol. The van der Waals surface area contributed by atoms with E-state index < -0.39 is 15.9 Å². The summed E-state index contributed by atoms with van der Waals surface area (Å²) >= 11 is 11.9. The molecule has 1 amide bonds. The van der Waals surface area contributed by atoms with Gasteiger partial charge in [-0.3, -0.25) is 4.79 Å². The predicted octanol–water partition coefficient (Wildman–Crippen LogP) is 3.87. The summed E-state index contributed by atoms with van der Waals surface area (Å²) in [7, 11) is -0.485. The molecule has 0 bridgehead atoms. The monoisotopic (exact) mass is 500 g/mol. The number of rotatable bonds is 8. The first-order chi connectivity index (χ1) is 15.2. The molecule has 2 aromatic rings. The number of amides is 1. The Kier molecular flexibility index (Phi) is 8.27. The smallest absolute Gasteiger partial charge is 0.224 e. The van der Waals surface area contributed by atoms with Gasteiger partial charge in [0.1, 0.15) is 0 Å². The molecule has 1 aliphatic rings. The predicted molar refractivity (Wildman–Crippen MR) is 125 cm³/mol. The third-order valence-corrected chi connectivity index (χ3v) is 7.95. The number of hydrogen-bond donors (Lipinski definition) is 1. The second-order valence-electron chi connectivity index (χ2n) is 7.61. The third-order valence-electron chi connectivity index (χ3n) is 5.40. The van der Waals surface area contributed by atoms with Gasteiger partial charge in [0.15, 0.2) is 11.5 Å². The van der Waals surface area contributed by atoms with Gasteiger partial charge in [0, 0.05) is 19.6 Å². The van der Waals surface area contributed by atoms with Gasteiger partial charge in [-0.25, -0.2) is 12.7 Å². The number of nitrogens with one attached hydrogen (secondary N) is 1. The zero-order valence-corrected chi connectivity index (χ0v) is 20.3. The van der Waals surface area contributed by atoms with Crippen LogP contribution in [0.2, 0.25) is 10.0 Å². The van der Waals surface area contributed by atoms with Gasteiger partial charge in [-0.2, -0.15) is 0 Å². The van der Waals surface area contributed by atoms with E-state index in [1.54, 1.807) is 44.6 Å². The summed E-state index contributed by atoms with van der Waals surface area (Å²) < 4.78 is 37.7. The fourth-order valence-corrected chi connectivity index (χ4v) is 5.58. The Balaban J connectivity index is 1.61. The van der Waals surface area contributed by atoms with Crippen LogP contribution in [0.1, 0.15) is 24.0 Å². The molecule has 1 N–H and O–H groups in total. The second-order valence-corrected chi connectivity index (χ2v) is 10.4. The maximum absolute atomic E-state index is 12.9. The van der Waals surface area contributed by atoms with Crippen molar-refractivity contribution in [1.82, 2.24) is 9.62 Å². The molecule has 0 unspecified atom stereocenters. The Bertz CT molecular complexity index is 1080. The van der Waals surface area contributed by atoms with Gasteiger partial charge in [-0.05, 0) is 48.2 Å². The number of piperidine rings is 1. The van der Waals surface area contributed by atoms with Gasteiger partial charge < -0.3 is 14.8 Å². The zero-order chi connectivity index (χ0) is 23.3. The molecular formula is C22H26Cl2N2O5S. The van der Waals surface area contributed by atoms with Crippen LogP contribution in [0.15, 0.2) is 36.4 Å². The maximum atomic E-state index is 12.9. The van der Waals surface area contributed by atoms with E-state index in [2.05, 4.69) is 5.32 Å². The molecule has 0 aromatic heterocycles. The van der Waals surface area contributed by atoms with Crippen LogP contribution in [0.5, 0.6) is 11.5 Å². The summed E-state index contributed by atoms with van der Waals surface area (Å²) in [6.07, 6.45) is 1.26. The van der Waals surface area contributed by atoms with Crippen molar-refractivity contribution in [2.45, 2.75) is 25.1 Å². The standard InChI is InChI=1S/C22H26Cl2N2O5S/c1-30-20-8-6-15(11-21(20)31-2)12-25-22(27)17-4-3-9-26(13-17)32(28,29)14-16-5-7-18(23)19(24)10-16/h5-8,10-11,17H,3-4,9,12-14H2,1-2H3,(H,25,27)/t17-/m1/s1. The van der Waals surface area contributed by atoms with E-state index >= 15 is 0 Å². The Labute approximate surface area is 198 Å². The van der Waals surface area contributed by atoms with E-state index in [0.29, 0.717) is 53.0 Å². The summed E-state index contributed by atoms with van der Waals surface area (Å²) in [6.45, 7) is 0.857. The molecule has 0 saturated carbocycles. The summed E-state index contributed by atoms with van der Waals surface area (Å²) in [4.78, 5) is 12.7. The largest absolute Gasteiger partial charge is 0.493 e. The Hall–Kier alpha value is -2.00. The van der Waals surface area contributed by atoms with Crippen LogP contribution >= 0.6 is 23.2 Å². The molecule has 1 atom stereocenters. The summed E-state index contributed by atoms with van der Waals surface area (Å²) in [5.41, 5.74) is 1.41. The Morgan fingerprint density at radius 1 is 1.06 bits per heavy atom. The van der Waals surface area contributed by atoms with Crippen molar-refractivity contribution in [1.29, 1.82) is 0 Å². The van der Waals surface area contributed by atoms with Crippen molar-refractivity contribution >= 4 is 39.1 Å². The molecule has 1 heterocycles. The Morgan fingerprint density at radius 3 is 2.47 bits per heavy atom. The number of carbonyl (C=O) groups excluding carboxylic acids is 1. The Morgan fingerprint density at radius 2 is 1.78 bits per heavy atom. The molecule has 10 heteroatoms. The molecule has 7 nitrogen and oxygen atoms in total. The minimum Gasteiger partial charge on any atom is -0.493 e. The topological polar surface area (TPSA) is 84.9 Å². The SMILES string of the molecule is COc1ccc(CNC(=O)[C@@H]2CCCN(S(=O)(=O)Cc3ccc(Cl)c(Cl)c3)C2)cc1OC. The molecule has 2 aromatic carbocycles. The van der Waals surface area contributed by atoms with E-state index in [0.717, 1.165) is 5.56 Å². The van der Waals surface area contributed by atoms with Crippen LogP contribution < -0.4 is 14.8 Å². The van der Waals surface area contributed by atoms with Crippen LogP contribution in [0, 0.1) is 5.92 Å². The molecule has 1 aliphatic heterocycles. The van der Waals surface area contributed by atoms with Crippen molar-refractivity contribution in [2.75, 3.05) is 27.3 Å². The third kappa shape index (κ3) is 6.07. The lowest BCUT2D eigenvalue weighted by Crippen LogP contribution is -2.45. The fourth-order valence-electron chi connectivity index (χ4n) is 3.66. The highest BCUT2D eigenvalue weighted by molar-refractivity contribution is 7.88. The van der Waals surface area contributed by atoms with Crippen molar-refractivity contribution in [2.24, 2.45) is 5.92 Å².